The molecule has 3 heterocycles. The van der Waals surface area contributed by atoms with E-state index in [0.717, 1.165) is 0 Å². The lowest BCUT2D eigenvalue weighted by Crippen LogP contribution is -2.57. The van der Waals surface area contributed by atoms with Crippen molar-refractivity contribution in [2.45, 2.75) is 54.7 Å². The fraction of sp³-hybridized carbons (Fsp3) is 0.519. The zero-order valence-corrected chi connectivity index (χ0v) is 22.3. The van der Waals surface area contributed by atoms with E-state index in [1.54, 1.807) is 60.0 Å². The van der Waals surface area contributed by atoms with E-state index in [0.29, 0.717) is 30.0 Å². The summed E-state index contributed by atoms with van der Waals surface area (Å²) >= 11 is 7.65. The van der Waals surface area contributed by atoms with Gasteiger partial charge in [-0.05, 0) is 57.4 Å². The summed E-state index contributed by atoms with van der Waals surface area (Å²) in [5, 5.41) is 10.6. The number of rotatable bonds is 10. The number of carbonyl (C=O) groups excluding carboxylic acids is 3. The molecule has 9 heteroatoms. The molecule has 3 saturated heterocycles. The van der Waals surface area contributed by atoms with Gasteiger partial charge in [-0.1, -0.05) is 23.8 Å². The van der Waals surface area contributed by atoms with Crippen molar-refractivity contribution >= 4 is 46.8 Å². The summed E-state index contributed by atoms with van der Waals surface area (Å²) < 4.78 is 4.25. The first-order valence-corrected chi connectivity index (χ1v) is 13.4. The number of ether oxygens (including phenoxy) is 1. The van der Waals surface area contributed by atoms with Crippen molar-refractivity contribution in [1.82, 2.24) is 4.90 Å². The van der Waals surface area contributed by atoms with Crippen LogP contribution in [0.2, 0.25) is 5.02 Å². The van der Waals surface area contributed by atoms with E-state index in [9.17, 15) is 19.5 Å². The van der Waals surface area contributed by atoms with Gasteiger partial charge < -0.3 is 19.6 Å². The molecule has 7 nitrogen and oxygen atoms in total. The molecular weight excluding hydrogens is 500 g/mol. The zero-order valence-electron chi connectivity index (χ0n) is 20.7. The third kappa shape index (κ3) is 4.17. The van der Waals surface area contributed by atoms with E-state index >= 15 is 0 Å². The van der Waals surface area contributed by atoms with Crippen LogP contribution in [0, 0.1) is 11.8 Å². The minimum absolute atomic E-state index is 0.205. The van der Waals surface area contributed by atoms with Crippen LogP contribution in [0.3, 0.4) is 0 Å². The van der Waals surface area contributed by atoms with E-state index in [-0.39, 0.29) is 31.6 Å². The number of thioether (sulfide) groups is 1. The highest BCUT2D eigenvalue weighted by Crippen LogP contribution is 2.71. The summed E-state index contributed by atoms with van der Waals surface area (Å²) in [5.74, 6) is -2.30. The number of hydrogen-bond donors (Lipinski definition) is 1. The maximum atomic E-state index is 14.3. The van der Waals surface area contributed by atoms with Crippen LogP contribution in [0.25, 0.3) is 0 Å². The van der Waals surface area contributed by atoms with Gasteiger partial charge in [0.05, 0.1) is 35.8 Å². The molecule has 194 valence electrons. The molecule has 2 unspecified atom stereocenters. The molecule has 3 aliphatic heterocycles. The van der Waals surface area contributed by atoms with Crippen molar-refractivity contribution < 1.29 is 24.2 Å². The predicted molar refractivity (Wildman–Crippen MR) is 142 cm³/mol. The first-order valence-electron chi connectivity index (χ1n) is 12.2. The first kappa shape index (κ1) is 26.8. The first-order chi connectivity index (χ1) is 17.1. The molecule has 3 fully saturated rings. The molecule has 0 radical (unpaired) electrons. The topological polar surface area (TPSA) is 87.1 Å². The summed E-state index contributed by atoms with van der Waals surface area (Å²) in [6.45, 7) is 11.4. The molecule has 0 aliphatic carbocycles. The normalized spacial score (nSPS) is 31.2. The van der Waals surface area contributed by atoms with Gasteiger partial charge in [-0.15, -0.1) is 24.9 Å². The average molecular weight is 533 g/mol. The molecule has 0 aromatic heterocycles. The number of hydrogen-bond acceptors (Lipinski definition) is 6. The Kier molecular flexibility index (Phi) is 7.60. The molecule has 3 aliphatic rings. The molecule has 4 rings (SSSR count). The predicted octanol–water partition coefficient (Wildman–Crippen LogP) is 3.84. The Morgan fingerprint density at radius 1 is 1.31 bits per heavy atom. The van der Waals surface area contributed by atoms with E-state index in [1.807, 2.05) is 6.92 Å². The second kappa shape index (κ2) is 10.2. The van der Waals surface area contributed by atoms with Crippen LogP contribution in [-0.4, -0.2) is 69.1 Å². The summed E-state index contributed by atoms with van der Waals surface area (Å²) in [6, 6.07) is 5.51. The fourth-order valence-corrected chi connectivity index (χ4v) is 8.57. The van der Waals surface area contributed by atoms with Crippen LogP contribution in [-0.2, 0) is 19.1 Å². The third-order valence-corrected chi connectivity index (χ3v) is 9.96. The zero-order chi connectivity index (χ0) is 26.3. The van der Waals surface area contributed by atoms with E-state index < -0.39 is 39.4 Å². The van der Waals surface area contributed by atoms with Crippen molar-refractivity contribution in [3.8, 4) is 0 Å². The Labute approximate surface area is 221 Å². The SMILES string of the molecule is C=CCCOC(=O)[C@@H]1[C@H]2C(=O)N([C@H](C)CO)C(C(=O)N(CC=C)c3ccc(Cl)cc3)C23CC[C@@]1(C)S3. The summed E-state index contributed by atoms with van der Waals surface area (Å²) in [4.78, 5) is 44.8. The number of aliphatic hydroxyl groups is 1. The van der Waals surface area contributed by atoms with E-state index in [2.05, 4.69) is 13.2 Å². The van der Waals surface area contributed by atoms with Gasteiger partial charge >= 0.3 is 5.97 Å². The molecule has 6 atom stereocenters. The monoisotopic (exact) mass is 532 g/mol. The number of likely N-dealkylation sites (tertiary alicyclic amines) is 1. The standard InChI is InChI=1S/C27H33ClN2O5S/c1-5-7-15-35-25(34)21-20-23(32)30(17(3)16-31)22(27(20)13-12-26(21,4)36-27)24(33)29(14-6-2)19-10-8-18(28)9-11-19/h5-6,8-11,17,20-22,31H,1-2,7,12-16H2,3-4H3/t17-,20+,21+,22?,26-,27?/m1/s1. The lowest BCUT2D eigenvalue weighted by atomic mass is 9.66. The Hall–Kier alpha value is -2.29. The van der Waals surface area contributed by atoms with Gasteiger partial charge in [-0.2, -0.15) is 0 Å². The molecule has 1 spiro atoms. The molecule has 1 N–H and O–H groups in total. The number of anilines is 1. The number of esters is 1. The molecule has 2 amide bonds. The minimum atomic E-state index is -0.842. The van der Waals surface area contributed by atoms with Gasteiger partial charge in [0, 0.05) is 22.0 Å². The molecular formula is C27H33ClN2O5S. The smallest absolute Gasteiger partial charge is 0.311 e. The Morgan fingerprint density at radius 2 is 2.00 bits per heavy atom. The number of halogens is 1. The van der Waals surface area contributed by atoms with Gasteiger partial charge in [-0.25, -0.2) is 0 Å². The van der Waals surface area contributed by atoms with Crippen LogP contribution in [0.5, 0.6) is 0 Å². The van der Waals surface area contributed by atoms with Crippen LogP contribution >= 0.6 is 23.4 Å². The highest BCUT2D eigenvalue weighted by molar-refractivity contribution is 8.02. The quantitative estimate of drug-likeness (QED) is 0.280. The van der Waals surface area contributed by atoms with Crippen molar-refractivity contribution in [2.75, 3.05) is 24.7 Å². The Bertz CT molecular complexity index is 1060. The largest absolute Gasteiger partial charge is 0.465 e. The number of benzene rings is 1. The fourth-order valence-electron chi connectivity index (χ4n) is 6.12. The lowest BCUT2D eigenvalue weighted by Gasteiger charge is -2.38. The van der Waals surface area contributed by atoms with Crippen LogP contribution in [0.1, 0.15) is 33.1 Å². The highest BCUT2D eigenvalue weighted by atomic mass is 35.5. The van der Waals surface area contributed by atoms with Crippen molar-refractivity contribution in [3.05, 3.63) is 54.6 Å². The van der Waals surface area contributed by atoms with Crippen LogP contribution < -0.4 is 4.90 Å². The summed E-state index contributed by atoms with van der Waals surface area (Å²) in [6.07, 6.45) is 5.15. The van der Waals surface area contributed by atoms with Crippen LogP contribution in [0.4, 0.5) is 5.69 Å². The summed E-state index contributed by atoms with van der Waals surface area (Å²) in [5.41, 5.74) is 0.636. The lowest BCUT2D eigenvalue weighted by molar-refractivity contribution is -0.155. The van der Waals surface area contributed by atoms with Crippen molar-refractivity contribution in [2.24, 2.45) is 11.8 Å². The maximum Gasteiger partial charge on any atom is 0.311 e. The second-order valence-electron chi connectivity index (χ2n) is 9.96. The number of nitrogens with zero attached hydrogens (tertiary/aromatic N) is 2. The van der Waals surface area contributed by atoms with E-state index in [1.165, 1.54) is 4.90 Å². The molecule has 1 aromatic rings. The second-order valence-corrected chi connectivity index (χ2v) is 12.3. The van der Waals surface area contributed by atoms with Crippen LogP contribution in [0.15, 0.2) is 49.6 Å². The average Bonchev–Trinajstić information content (AvgIpc) is 3.43. The molecule has 2 bridgehead atoms. The minimum Gasteiger partial charge on any atom is -0.465 e. The van der Waals surface area contributed by atoms with Gasteiger partial charge in [0.2, 0.25) is 5.91 Å². The van der Waals surface area contributed by atoms with Crippen molar-refractivity contribution in [1.29, 1.82) is 0 Å². The number of carbonyl (C=O) groups is 3. The molecule has 1 aromatic carbocycles. The maximum absolute atomic E-state index is 14.3. The Balaban J connectivity index is 1.77. The van der Waals surface area contributed by atoms with Gasteiger partial charge in [0.25, 0.3) is 5.91 Å². The molecule has 36 heavy (non-hydrogen) atoms. The Morgan fingerprint density at radius 3 is 2.61 bits per heavy atom. The van der Waals surface area contributed by atoms with Crippen molar-refractivity contribution in [3.63, 3.8) is 0 Å². The van der Waals surface area contributed by atoms with Gasteiger partial charge in [0.15, 0.2) is 0 Å². The van der Waals surface area contributed by atoms with Gasteiger partial charge in [0.1, 0.15) is 6.04 Å². The third-order valence-electron chi connectivity index (χ3n) is 7.72. The number of amides is 2. The molecule has 0 saturated carbocycles. The van der Waals surface area contributed by atoms with E-state index in [4.69, 9.17) is 16.3 Å². The van der Waals surface area contributed by atoms with Gasteiger partial charge in [-0.3, -0.25) is 14.4 Å². The highest BCUT2D eigenvalue weighted by Gasteiger charge is 2.78. The number of aliphatic hydroxyl groups excluding tert-OH is 1. The number of fused-ring (bicyclic) bond motifs is 1. The summed E-state index contributed by atoms with van der Waals surface area (Å²) in [7, 11) is 0.